The summed E-state index contributed by atoms with van der Waals surface area (Å²) in [5, 5.41) is 9.47. The predicted molar refractivity (Wildman–Crippen MR) is 130 cm³/mol. The van der Waals surface area contributed by atoms with Crippen LogP contribution in [0.3, 0.4) is 0 Å². The number of urea groups is 1. The molecule has 1 aromatic rings. The molecule has 34 heavy (non-hydrogen) atoms. The van der Waals surface area contributed by atoms with Crippen LogP contribution < -0.4 is 5.48 Å². The first-order valence-electron chi connectivity index (χ1n) is 12.1. The Kier molecular flexibility index (Phi) is 11.2. The summed E-state index contributed by atoms with van der Waals surface area (Å²) in [7, 11) is 2.01. The second-order valence-corrected chi connectivity index (χ2v) is 9.46. The Labute approximate surface area is 202 Å². The number of hydroxylamine groups is 1. The molecule has 0 spiro atoms. The van der Waals surface area contributed by atoms with E-state index in [1.165, 1.54) is 0 Å². The predicted octanol–water partition coefficient (Wildman–Crippen LogP) is 3.79. The van der Waals surface area contributed by atoms with Crippen LogP contribution in [0.1, 0.15) is 51.5 Å². The molecule has 188 valence electrons. The maximum absolute atomic E-state index is 13.7. The molecule has 1 fully saturated rings. The summed E-state index contributed by atoms with van der Waals surface area (Å²) < 4.78 is 5.80. The molecule has 1 aromatic carbocycles. The molecule has 2 atom stereocenters. The number of nitrogens with zero attached hydrogens (tertiary/aromatic N) is 2. The van der Waals surface area contributed by atoms with Gasteiger partial charge in [-0.1, -0.05) is 50.3 Å². The van der Waals surface area contributed by atoms with Gasteiger partial charge in [-0.3, -0.25) is 10.0 Å². The molecule has 1 heterocycles. The number of imide groups is 1. The molecule has 0 aromatic heterocycles. The molecule has 1 unspecified atom stereocenters. The van der Waals surface area contributed by atoms with Gasteiger partial charge in [0.2, 0.25) is 5.91 Å². The molecule has 8 heteroatoms. The fourth-order valence-corrected chi connectivity index (χ4v) is 4.34. The molecule has 1 aliphatic heterocycles. The van der Waals surface area contributed by atoms with Crippen molar-refractivity contribution in [1.82, 2.24) is 15.3 Å². The second kappa shape index (κ2) is 13.9. The van der Waals surface area contributed by atoms with Gasteiger partial charge in [0.25, 0.3) is 0 Å². The Bertz CT molecular complexity index is 806. The number of nitrogens with one attached hydrogen (secondary N) is 1. The highest BCUT2D eigenvalue weighted by Crippen LogP contribution is 2.24. The molecule has 0 bridgehead atoms. The van der Waals surface area contributed by atoms with Crippen LogP contribution in [0.25, 0.3) is 0 Å². The van der Waals surface area contributed by atoms with Gasteiger partial charge in [0.1, 0.15) is 12.1 Å². The zero-order valence-corrected chi connectivity index (χ0v) is 20.6. The third-order valence-electron chi connectivity index (χ3n) is 6.18. The molecular weight excluding hydrogens is 434 g/mol. The highest BCUT2D eigenvalue weighted by Gasteiger charge is 2.40. The lowest BCUT2D eigenvalue weighted by Gasteiger charge is -2.34. The number of allylic oxidation sites excluding steroid dienone is 1. The quantitative estimate of drug-likeness (QED) is 0.220. The first-order valence-corrected chi connectivity index (χ1v) is 12.1. The topological polar surface area (TPSA) is 99.2 Å². The molecule has 1 aliphatic rings. The van der Waals surface area contributed by atoms with Crippen molar-refractivity contribution in [3.63, 3.8) is 0 Å². The third-order valence-corrected chi connectivity index (χ3v) is 6.18. The first kappa shape index (κ1) is 27.5. The summed E-state index contributed by atoms with van der Waals surface area (Å²) in [6.45, 7) is 9.35. The fourth-order valence-electron chi connectivity index (χ4n) is 4.34. The van der Waals surface area contributed by atoms with E-state index in [-0.39, 0.29) is 18.4 Å². The highest BCUT2D eigenvalue weighted by atomic mass is 16.5. The highest BCUT2D eigenvalue weighted by molar-refractivity contribution is 5.99. The number of esters is 1. The molecule has 0 saturated carbocycles. The lowest BCUT2D eigenvalue weighted by atomic mass is 9.90. The monoisotopic (exact) mass is 473 g/mol. The first-order chi connectivity index (χ1) is 16.3. The van der Waals surface area contributed by atoms with Gasteiger partial charge in [0.15, 0.2) is 0 Å². The van der Waals surface area contributed by atoms with Crippen LogP contribution in [0.2, 0.25) is 0 Å². The van der Waals surface area contributed by atoms with Gasteiger partial charge in [0, 0.05) is 25.4 Å². The van der Waals surface area contributed by atoms with E-state index in [0.717, 1.165) is 23.6 Å². The average Bonchev–Trinajstić information content (AvgIpc) is 2.82. The minimum absolute atomic E-state index is 0.0985. The zero-order chi connectivity index (χ0) is 25.1. The molecule has 2 rings (SSSR count). The van der Waals surface area contributed by atoms with Gasteiger partial charge in [0.05, 0.1) is 0 Å². The van der Waals surface area contributed by atoms with Crippen LogP contribution in [0.5, 0.6) is 0 Å². The van der Waals surface area contributed by atoms with Crippen LogP contribution >= 0.6 is 0 Å². The number of rotatable bonds is 11. The van der Waals surface area contributed by atoms with Crippen molar-refractivity contribution >= 4 is 17.9 Å². The van der Waals surface area contributed by atoms with E-state index in [2.05, 4.69) is 11.5 Å². The molecule has 0 aliphatic carbocycles. The number of carbonyl (C=O) groups excluding carboxylic acids is 3. The van der Waals surface area contributed by atoms with Gasteiger partial charge < -0.3 is 9.64 Å². The lowest BCUT2D eigenvalue weighted by Crippen LogP contribution is -2.56. The molecule has 3 amide bonds. The maximum Gasteiger partial charge on any atom is 0.348 e. The Morgan fingerprint density at radius 1 is 1.24 bits per heavy atom. The summed E-state index contributed by atoms with van der Waals surface area (Å²) in [5.74, 6) is -1.42. The third kappa shape index (κ3) is 8.25. The van der Waals surface area contributed by atoms with Gasteiger partial charge in [-0.05, 0) is 50.6 Å². The zero-order valence-electron chi connectivity index (χ0n) is 20.6. The smallest absolute Gasteiger partial charge is 0.348 e. The van der Waals surface area contributed by atoms with Crippen LogP contribution in [0.15, 0.2) is 43.0 Å². The number of likely N-dealkylation sites (tertiary alicyclic amines) is 1. The number of ether oxygens (including phenoxy) is 1. The van der Waals surface area contributed by atoms with Crippen LogP contribution in [0.4, 0.5) is 4.79 Å². The number of amides is 3. The van der Waals surface area contributed by atoms with E-state index in [1.807, 2.05) is 51.2 Å². The van der Waals surface area contributed by atoms with Gasteiger partial charge in [-0.15, -0.1) is 6.58 Å². The summed E-state index contributed by atoms with van der Waals surface area (Å²) in [6.07, 6.45) is 4.58. The van der Waals surface area contributed by atoms with E-state index in [9.17, 15) is 19.6 Å². The molecular formula is C26H39N3O5. The maximum atomic E-state index is 13.7. The van der Waals surface area contributed by atoms with Crippen LogP contribution in [-0.2, 0) is 20.7 Å². The van der Waals surface area contributed by atoms with E-state index in [4.69, 9.17) is 4.74 Å². The van der Waals surface area contributed by atoms with Gasteiger partial charge in [-0.2, -0.15) is 0 Å². The van der Waals surface area contributed by atoms with Gasteiger partial charge in [-0.25, -0.2) is 20.0 Å². The van der Waals surface area contributed by atoms with Gasteiger partial charge >= 0.3 is 12.0 Å². The van der Waals surface area contributed by atoms with Crippen molar-refractivity contribution in [2.24, 2.45) is 11.8 Å². The lowest BCUT2D eigenvalue weighted by molar-refractivity contribution is -0.160. The van der Waals surface area contributed by atoms with Crippen molar-refractivity contribution in [3.8, 4) is 0 Å². The van der Waals surface area contributed by atoms with Crippen molar-refractivity contribution in [3.05, 3.63) is 48.6 Å². The van der Waals surface area contributed by atoms with E-state index >= 15 is 0 Å². The summed E-state index contributed by atoms with van der Waals surface area (Å²) in [6, 6.07) is 6.96. The number of carbonyl (C=O) groups is 3. The van der Waals surface area contributed by atoms with Crippen LogP contribution in [-0.4, -0.2) is 65.2 Å². The average molecular weight is 474 g/mol. The minimum Gasteiger partial charge on any atom is -0.461 e. The van der Waals surface area contributed by atoms with Crippen molar-refractivity contribution in [2.75, 3.05) is 20.1 Å². The van der Waals surface area contributed by atoms with E-state index in [1.54, 1.807) is 11.6 Å². The largest absolute Gasteiger partial charge is 0.461 e. The van der Waals surface area contributed by atoms with E-state index < -0.39 is 29.9 Å². The molecule has 8 nitrogen and oxygen atoms in total. The number of benzene rings is 1. The van der Waals surface area contributed by atoms with Crippen molar-refractivity contribution in [1.29, 1.82) is 0 Å². The Hall–Kier alpha value is -2.71. The summed E-state index contributed by atoms with van der Waals surface area (Å²) in [4.78, 5) is 42.9. The van der Waals surface area contributed by atoms with Crippen molar-refractivity contribution < 1.29 is 24.3 Å². The standard InChI is InChI=1S/C26H39N3O5/c1-5-6-12-21(17-19(2)3)24(30)29(26(32)27-33)23(18-20-10-8-7-9-11-20)25(31)34-22-13-15-28(4)16-14-22/h5,7-11,19,21-23,33H,1,6,12-18H2,2-4H3,(H,27,32)/t21?,23-/m0/s1. The number of hydrogen-bond donors (Lipinski definition) is 2. The van der Waals surface area contributed by atoms with E-state index in [0.29, 0.717) is 32.1 Å². The van der Waals surface area contributed by atoms with Crippen LogP contribution in [0, 0.1) is 11.8 Å². The SMILES string of the molecule is C=CCCC(CC(C)C)C(=O)N(C(=O)NO)[C@@H](Cc1ccccc1)C(=O)OC1CCN(C)CC1. The Balaban J connectivity index is 2.37. The Morgan fingerprint density at radius 3 is 2.44 bits per heavy atom. The fraction of sp³-hybridized carbons (Fsp3) is 0.577. The number of piperidine rings is 1. The Morgan fingerprint density at radius 2 is 1.88 bits per heavy atom. The summed E-state index contributed by atoms with van der Waals surface area (Å²) >= 11 is 0. The van der Waals surface area contributed by atoms with Crippen molar-refractivity contribution in [2.45, 2.75) is 64.5 Å². The normalized spacial score (nSPS) is 16.5. The second-order valence-electron chi connectivity index (χ2n) is 9.46. The molecule has 1 saturated heterocycles. The molecule has 0 radical (unpaired) electrons. The molecule has 2 N–H and O–H groups in total. The number of hydrogen-bond acceptors (Lipinski definition) is 6. The minimum atomic E-state index is -1.19. The summed E-state index contributed by atoms with van der Waals surface area (Å²) in [5.41, 5.74) is 2.35.